The summed E-state index contributed by atoms with van der Waals surface area (Å²) in [6.07, 6.45) is 0. The van der Waals surface area contributed by atoms with E-state index in [-0.39, 0.29) is 23.8 Å². The molecule has 1 aromatic rings. The first kappa shape index (κ1) is 21.5. The molecule has 22 heavy (non-hydrogen) atoms. The number of halogens is 1. The molecule has 0 aromatic heterocycles. The van der Waals surface area contributed by atoms with E-state index in [1.165, 1.54) is 12.1 Å². The van der Waals surface area contributed by atoms with Crippen molar-refractivity contribution in [2.24, 2.45) is 0 Å². The smallest absolute Gasteiger partial charge is 0.378 e. The summed E-state index contributed by atoms with van der Waals surface area (Å²) in [5, 5.41) is 2.09. The third kappa shape index (κ3) is 6.32. The van der Waals surface area contributed by atoms with Gasteiger partial charge in [0.25, 0.3) is 10.1 Å². The van der Waals surface area contributed by atoms with E-state index in [4.69, 9.17) is 4.55 Å². The molecule has 0 saturated heterocycles. The van der Waals surface area contributed by atoms with E-state index in [9.17, 15) is 21.6 Å². The molecule has 0 spiro atoms. The van der Waals surface area contributed by atoms with E-state index in [2.05, 4.69) is 21.2 Å². The molecule has 1 rings (SSSR count). The Bertz CT molecular complexity index is 717. The Balaban J connectivity index is 0.00000441. The minimum Gasteiger partial charge on any atom is -0.378 e. The normalized spacial score (nSPS) is 11.4. The van der Waals surface area contributed by atoms with Gasteiger partial charge >= 0.3 is 18.9 Å². The van der Waals surface area contributed by atoms with Crippen LogP contribution in [0.25, 0.3) is 0 Å². The molecule has 11 heteroatoms. The number of hydrogen-bond donors (Lipinski definition) is 2. The van der Waals surface area contributed by atoms with Gasteiger partial charge in [-0.25, -0.2) is 0 Å². The summed E-state index contributed by atoms with van der Waals surface area (Å²) in [7, 11) is -8.24. The zero-order valence-electron chi connectivity index (χ0n) is 11.9. The van der Waals surface area contributed by atoms with Gasteiger partial charge in [0.05, 0.1) is 15.6 Å². The molecule has 1 aromatic carbocycles. The molecule has 0 saturated carbocycles. The van der Waals surface area contributed by atoms with E-state index >= 15 is 0 Å². The molecule has 1 amide bonds. The predicted molar refractivity (Wildman–Crippen MR) is 80.0 cm³/mol. The van der Waals surface area contributed by atoms with Crippen LogP contribution in [0, 0.1) is 11.1 Å². The number of aryl methyl sites for hydroxylation is 1. The molecular formula is C11H13BrLiNO6S2. The maximum atomic E-state index is 12.1. The van der Waals surface area contributed by atoms with Crippen LogP contribution in [0.5, 0.6) is 0 Å². The maximum Gasteiger partial charge on any atom is 1.00 e. The Labute approximate surface area is 149 Å². The molecule has 0 aliphatic heterocycles. The molecule has 118 valence electrons. The van der Waals surface area contributed by atoms with E-state index in [1.807, 2.05) is 0 Å². The molecular weight excluding hydrogens is 393 g/mol. The van der Waals surface area contributed by atoms with Crippen molar-refractivity contribution in [3.8, 4) is 0 Å². The van der Waals surface area contributed by atoms with Crippen molar-refractivity contribution in [2.45, 2.75) is 11.8 Å². The molecule has 0 aliphatic carbocycles. The van der Waals surface area contributed by atoms with Crippen LogP contribution in [0.1, 0.15) is 5.56 Å². The number of sulfone groups is 1. The number of nitrogens with one attached hydrogen (secondary N) is 1. The van der Waals surface area contributed by atoms with Gasteiger partial charge < -0.3 is 10.1 Å². The maximum absolute atomic E-state index is 12.1. The molecule has 2 N–H and O–H groups in total. The van der Waals surface area contributed by atoms with Gasteiger partial charge in [-0.1, -0.05) is 17.7 Å². The van der Waals surface area contributed by atoms with Crippen LogP contribution in [0.15, 0.2) is 29.2 Å². The van der Waals surface area contributed by atoms with E-state index < -0.39 is 42.3 Å². The Morgan fingerprint density at radius 3 is 2.18 bits per heavy atom. The first-order chi connectivity index (χ1) is 9.54. The van der Waals surface area contributed by atoms with Crippen molar-refractivity contribution in [2.75, 3.05) is 12.3 Å². The van der Waals surface area contributed by atoms with Crippen molar-refractivity contribution in [3.05, 3.63) is 34.0 Å². The summed E-state index contributed by atoms with van der Waals surface area (Å²) in [6.45, 7) is 1.38. The summed E-state index contributed by atoms with van der Waals surface area (Å²) >= 11 is 2.71. The second-order valence-corrected chi connectivity index (χ2v) is 8.91. The summed E-state index contributed by atoms with van der Waals surface area (Å²) in [5.74, 6) is -1.69. The molecule has 0 fully saturated rings. The second-order valence-electron chi connectivity index (χ2n) is 4.13. The van der Waals surface area contributed by atoms with Crippen molar-refractivity contribution in [1.29, 1.82) is 0 Å². The number of carbonyl (C=O) groups excluding carboxylic acids is 1. The van der Waals surface area contributed by atoms with Gasteiger partial charge in [0.1, 0.15) is 5.91 Å². The fraction of sp³-hybridized carbons (Fsp3) is 0.273. The van der Waals surface area contributed by atoms with Crippen LogP contribution in [0.3, 0.4) is 0 Å². The van der Waals surface area contributed by atoms with E-state index in [0.717, 1.165) is 5.56 Å². The van der Waals surface area contributed by atoms with Crippen molar-refractivity contribution in [3.63, 3.8) is 0 Å². The summed E-state index contributed by atoms with van der Waals surface area (Å²) < 4.78 is 53.2. The van der Waals surface area contributed by atoms with Crippen molar-refractivity contribution in [1.82, 2.24) is 5.32 Å². The van der Waals surface area contributed by atoms with Gasteiger partial charge in [-0.2, -0.15) is 8.42 Å². The Morgan fingerprint density at radius 2 is 1.73 bits per heavy atom. The van der Waals surface area contributed by atoms with Crippen molar-refractivity contribution < 1.29 is 45.0 Å². The van der Waals surface area contributed by atoms with E-state index in [1.54, 1.807) is 19.1 Å². The van der Waals surface area contributed by atoms with Gasteiger partial charge in [-0.05, 0) is 19.1 Å². The van der Waals surface area contributed by atoms with Crippen LogP contribution in [0.4, 0.5) is 0 Å². The second kappa shape index (κ2) is 8.38. The molecule has 0 bridgehead atoms. The van der Waals surface area contributed by atoms with Crippen LogP contribution in [-0.4, -0.2) is 39.6 Å². The summed E-state index contributed by atoms with van der Waals surface area (Å²) in [6, 6.07) is 5.89. The fourth-order valence-corrected chi connectivity index (χ4v) is 3.38. The molecule has 0 aliphatic rings. The monoisotopic (exact) mass is 405 g/mol. The van der Waals surface area contributed by atoms with Gasteiger partial charge in [0, 0.05) is 11.4 Å². The number of benzene rings is 1. The van der Waals surface area contributed by atoms with Crippen molar-refractivity contribution >= 4 is 41.8 Å². The van der Waals surface area contributed by atoms with Crippen LogP contribution >= 0.6 is 15.9 Å². The quantitative estimate of drug-likeness (QED) is 0.311. The number of carbonyl (C=O) groups is 1. The zero-order valence-corrected chi connectivity index (χ0v) is 15.1. The largest absolute Gasteiger partial charge is 1.00 e. The average Bonchev–Trinajstić information content (AvgIpc) is 2.36. The fourth-order valence-electron chi connectivity index (χ4n) is 1.31. The third-order valence-electron chi connectivity index (χ3n) is 2.39. The topological polar surface area (TPSA) is 118 Å². The summed E-state index contributed by atoms with van der Waals surface area (Å²) in [4.78, 5) is 11.6. The minimum atomic E-state index is -4.23. The standard InChI is InChI=1S/C11H13BrNO6S2.Li/c1-8-2-4-9(5-3-8)21(18,19)10(12)11(14)13-6-7-20(15,16)17;/h2-5H,6-7H2,1H3,(H,13,14)(H,15,16,17);/q-1;+1. The van der Waals surface area contributed by atoms with Gasteiger partial charge in [-0.3, -0.25) is 28.9 Å². The summed E-state index contributed by atoms with van der Waals surface area (Å²) in [5.41, 5.74) is 0.864. The Hall–Kier alpha value is -0.503. The van der Waals surface area contributed by atoms with Gasteiger partial charge in [-0.15, -0.1) is 4.16 Å². The Kier molecular flexibility index (Phi) is 8.19. The van der Waals surface area contributed by atoms with Crippen LogP contribution in [-0.2, 0) is 24.7 Å². The average molecular weight is 406 g/mol. The molecule has 0 radical (unpaired) electrons. The zero-order chi connectivity index (χ0) is 16.3. The number of hydrogen-bond acceptors (Lipinski definition) is 5. The minimum absolute atomic E-state index is 0. The molecule has 0 atom stereocenters. The SMILES string of the molecule is Cc1ccc(S(=O)(=O)[C-](Br)C(=O)NCCS(=O)(=O)O)cc1.[Li+]. The van der Waals surface area contributed by atoms with E-state index in [0.29, 0.717) is 0 Å². The molecule has 0 heterocycles. The van der Waals surface area contributed by atoms with Crippen LogP contribution < -0.4 is 24.2 Å². The van der Waals surface area contributed by atoms with Crippen LogP contribution in [0.2, 0.25) is 0 Å². The number of amides is 1. The first-order valence-electron chi connectivity index (χ1n) is 5.61. The van der Waals surface area contributed by atoms with Gasteiger partial charge in [0.2, 0.25) is 0 Å². The Morgan fingerprint density at radius 1 is 1.23 bits per heavy atom. The first-order valence-corrected chi connectivity index (χ1v) is 9.50. The predicted octanol–water partition coefficient (Wildman–Crippen LogP) is -2.34. The van der Waals surface area contributed by atoms with Gasteiger partial charge in [0.15, 0.2) is 0 Å². The molecule has 7 nitrogen and oxygen atoms in total. The number of rotatable bonds is 6. The molecule has 0 unspecified atom stereocenters. The third-order valence-corrected chi connectivity index (χ3v) is 6.30.